The van der Waals surface area contributed by atoms with Crippen LogP contribution in [0.2, 0.25) is 0 Å². The lowest BCUT2D eigenvalue weighted by Gasteiger charge is -2.10. The average Bonchev–Trinajstić information content (AvgIpc) is 2.17. The quantitative estimate of drug-likeness (QED) is 0.472. The van der Waals surface area contributed by atoms with E-state index in [0.29, 0.717) is 5.56 Å². The molecule has 0 aliphatic carbocycles. The number of halogens is 4. The molecule has 0 radical (unpaired) electrons. The van der Waals surface area contributed by atoms with Crippen LogP contribution in [0.1, 0.15) is 5.56 Å². The summed E-state index contributed by atoms with van der Waals surface area (Å²) < 4.78 is 39.4. The minimum Gasteiger partial charge on any atom is -0.404 e. The maximum atomic E-state index is 11.9. The zero-order valence-electron chi connectivity index (χ0n) is 7.94. The predicted molar refractivity (Wildman–Crippen MR) is 55.1 cm³/mol. The van der Waals surface area contributed by atoms with Gasteiger partial charge in [0.15, 0.2) is 5.75 Å². The minimum atomic E-state index is -4.75. The highest BCUT2D eigenvalue weighted by Crippen LogP contribution is 2.28. The molecule has 0 spiro atoms. The van der Waals surface area contributed by atoms with Crippen molar-refractivity contribution in [3.05, 3.63) is 23.8 Å². The summed E-state index contributed by atoms with van der Waals surface area (Å²) in [6.07, 6.45) is -4.75. The van der Waals surface area contributed by atoms with E-state index < -0.39 is 12.1 Å². The molecule has 1 rings (SSSR count). The van der Waals surface area contributed by atoms with E-state index in [0.717, 1.165) is 6.07 Å². The van der Waals surface area contributed by atoms with Gasteiger partial charge in [0, 0.05) is 5.56 Å². The van der Waals surface area contributed by atoms with Gasteiger partial charge in [0.2, 0.25) is 0 Å². The maximum absolute atomic E-state index is 11.9. The number of nitrogens with two attached hydrogens (primary N) is 1. The molecule has 0 fully saturated rings. The fourth-order valence-corrected chi connectivity index (χ4v) is 1.05. The Morgan fingerprint density at radius 3 is 2.56 bits per heavy atom. The zero-order valence-corrected chi connectivity index (χ0v) is 8.69. The van der Waals surface area contributed by atoms with Gasteiger partial charge in [-0.15, -0.1) is 24.8 Å². The van der Waals surface area contributed by atoms with Crippen LogP contribution in [0.25, 0.3) is 0 Å². The third-order valence-electron chi connectivity index (χ3n) is 1.54. The second-order valence-corrected chi connectivity index (χ2v) is 3.00. The Labute approximate surface area is 95.1 Å². The molecule has 6 heteroatoms. The van der Waals surface area contributed by atoms with E-state index in [2.05, 4.69) is 16.6 Å². The lowest BCUT2D eigenvalue weighted by Crippen LogP contribution is -2.18. The molecular formula is C10H7ClF3NO. The van der Waals surface area contributed by atoms with Crippen LogP contribution in [0.4, 0.5) is 18.9 Å². The van der Waals surface area contributed by atoms with E-state index in [1.165, 1.54) is 12.1 Å². The van der Waals surface area contributed by atoms with E-state index in [-0.39, 0.29) is 11.6 Å². The van der Waals surface area contributed by atoms with Gasteiger partial charge in [-0.05, 0) is 18.2 Å². The SMILES string of the molecule is Nc1cc(C#CCCl)ccc1OC(F)(F)F. The van der Waals surface area contributed by atoms with Gasteiger partial charge >= 0.3 is 6.36 Å². The summed E-state index contributed by atoms with van der Waals surface area (Å²) in [6, 6.07) is 3.78. The molecule has 0 saturated carbocycles. The summed E-state index contributed by atoms with van der Waals surface area (Å²) in [7, 11) is 0. The first-order valence-electron chi connectivity index (χ1n) is 4.12. The molecule has 2 nitrogen and oxygen atoms in total. The summed E-state index contributed by atoms with van der Waals surface area (Å²) in [5.41, 5.74) is 5.73. The van der Waals surface area contributed by atoms with Crippen LogP contribution in [0.5, 0.6) is 5.75 Å². The Morgan fingerprint density at radius 1 is 1.38 bits per heavy atom. The number of alkyl halides is 4. The molecule has 0 aliphatic rings. The van der Waals surface area contributed by atoms with Gasteiger partial charge in [-0.2, -0.15) is 0 Å². The Kier molecular flexibility index (Phi) is 3.91. The molecule has 1 aromatic carbocycles. The van der Waals surface area contributed by atoms with E-state index in [1.54, 1.807) is 0 Å². The van der Waals surface area contributed by atoms with Gasteiger partial charge in [0.05, 0.1) is 11.6 Å². The minimum absolute atomic E-state index is 0.126. The third-order valence-corrected chi connectivity index (χ3v) is 1.67. The van der Waals surface area contributed by atoms with Crippen molar-refractivity contribution in [2.24, 2.45) is 0 Å². The number of nitrogen functional groups attached to an aromatic ring is 1. The fraction of sp³-hybridized carbons (Fsp3) is 0.200. The Hall–Kier alpha value is -1.54. The van der Waals surface area contributed by atoms with Crippen LogP contribution < -0.4 is 10.5 Å². The lowest BCUT2D eigenvalue weighted by atomic mass is 10.2. The molecular weight excluding hydrogens is 243 g/mol. The van der Waals surface area contributed by atoms with Crippen molar-refractivity contribution in [1.82, 2.24) is 0 Å². The van der Waals surface area contributed by atoms with E-state index >= 15 is 0 Å². The fourth-order valence-electron chi connectivity index (χ4n) is 0.979. The van der Waals surface area contributed by atoms with Crippen LogP contribution in [0.3, 0.4) is 0 Å². The van der Waals surface area contributed by atoms with E-state index in [1.807, 2.05) is 0 Å². The van der Waals surface area contributed by atoms with Crippen molar-refractivity contribution in [3.63, 3.8) is 0 Å². The maximum Gasteiger partial charge on any atom is 0.573 e. The first-order valence-corrected chi connectivity index (χ1v) is 4.66. The standard InChI is InChI=1S/C10H7ClF3NO/c11-5-1-2-7-3-4-9(8(15)6-7)16-10(12,13)14/h3-4,6H,5,15H2. The van der Waals surface area contributed by atoms with Gasteiger partial charge in [0.25, 0.3) is 0 Å². The molecule has 0 saturated heterocycles. The number of hydrogen-bond acceptors (Lipinski definition) is 2. The molecule has 0 aliphatic heterocycles. The number of anilines is 1. The number of benzene rings is 1. The topological polar surface area (TPSA) is 35.2 Å². The van der Waals surface area contributed by atoms with Gasteiger partial charge in [-0.25, -0.2) is 0 Å². The molecule has 0 unspecified atom stereocenters. The van der Waals surface area contributed by atoms with E-state index in [4.69, 9.17) is 17.3 Å². The predicted octanol–water partition coefficient (Wildman–Crippen LogP) is 2.76. The molecule has 0 atom stereocenters. The first kappa shape index (κ1) is 12.5. The third kappa shape index (κ3) is 3.91. The molecule has 0 heterocycles. The Balaban J connectivity index is 2.92. The van der Waals surface area contributed by atoms with Crippen LogP contribution >= 0.6 is 11.6 Å². The van der Waals surface area contributed by atoms with Crippen LogP contribution in [0.15, 0.2) is 18.2 Å². The van der Waals surface area contributed by atoms with Crippen molar-refractivity contribution in [2.45, 2.75) is 6.36 Å². The molecule has 86 valence electrons. The molecule has 0 bridgehead atoms. The van der Waals surface area contributed by atoms with Crippen molar-refractivity contribution < 1.29 is 17.9 Å². The summed E-state index contributed by atoms with van der Waals surface area (Å²) in [4.78, 5) is 0. The zero-order chi connectivity index (χ0) is 12.2. The van der Waals surface area contributed by atoms with E-state index in [9.17, 15) is 13.2 Å². The van der Waals surface area contributed by atoms with Gasteiger partial charge in [0.1, 0.15) is 0 Å². The summed E-state index contributed by atoms with van der Waals surface area (Å²) in [5, 5.41) is 0. The van der Waals surface area contributed by atoms with Crippen molar-refractivity contribution >= 4 is 17.3 Å². The van der Waals surface area contributed by atoms with Crippen molar-refractivity contribution in [1.29, 1.82) is 0 Å². The first-order chi connectivity index (χ1) is 7.42. The molecule has 0 aromatic heterocycles. The summed E-state index contributed by atoms with van der Waals surface area (Å²) in [6.45, 7) is 0. The largest absolute Gasteiger partial charge is 0.573 e. The highest BCUT2D eigenvalue weighted by atomic mass is 35.5. The Morgan fingerprint density at radius 2 is 2.06 bits per heavy atom. The highest BCUT2D eigenvalue weighted by Gasteiger charge is 2.31. The molecule has 16 heavy (non-hydrogen) atoms. The number of hydrogen-bond donors (Lipinski definition) is 1. The molecule has 1 aromatic rings. The monoisotopic (exact) mass is 249 g/mol. The lowest BCUT2D eigenvalue weighted by molar-refractivity contribution is -0.274. The average molecular weight is 250 g/mol. The van der Waals surface area contributed by atoms with Crippen LogP contribution in [0, 0.1) is 11.8 Å². The van der Waals surface area contributed by atoms with Crippen LogP contribution in [-0.2, 0) is 0 Å². The van der Waals surface area contributed by atoms with Crippen LogP contribution in [-0.4, -0.2) is 12.2 Å². The number of ether oxygens (including phenoxy) is 1. The highest BCUT2D eigenvalue weighted by molar-refractivity contribution is 6.19. The van der Waals surface area contributed by atoms with Crippen molar-refractivity contribution in [3.8, 4) is 17.6 Å². The number of rotatable bonds is 1. The van der Waals surface area contributed by atoms with Gasteiger partial charge in [-0.3, -0.25) is 0 Å². The van der Waals surface area contributed by atoms with Gasteiger partial charge < -0.3 is 10.5 Å². The van der Waals surface area contributed by atoms with Crippen molar-refractivity contribution in [2.75, 3.05) is 11.6 Å². The summed E-state index contributed by atoms with van der Waals surface area (Å²) >= 11 is 5.33. The van der Waals surface area contributed by atoms with Gasteiger partial charge in [-0.1, -0.05) is 11.8 Å². The molecule has 0 amide bonds. The summed E-state index contributed by atoms with van der Waals surface area (Å²) in [5.74, 6) is 4.88. The second-order valence-electron chi connectivity index (χ2n) is 2.74. The Bertz CT molecular complexity index is 434. The normalized spacial score (nSPS) is 10.5. The molecule has 2 N–H and O–H groups in total. The smallest absolute Gasteiger partial charge is 0.404 e. The second kappa shape index (κ2) is 4.99.